The fraction of sp³-hybridized carbons (Fsp3) is 0.556. The smallest absolute Gasteiger partial charge is 0.410 e. The zero-order chi connectivity index (χ0) is 12.8. The van der Waals surface area contributed by atoms with Crippen molar-refractivity contribution < 1.29 is 23.1 Å². The summed E-state index contributed by atoms with van der Waals surface area (Å²) in [5.41, 5.74) is -0.504. The van der Waals surface area contributed by atoms with Gasteiger partial charge in [0.05, 0.1) is 5.97 Å². The van der Waals surface area contributed by atoms with E-state index in [1.165, 1.54) is 0 Å². The Balaban J connectivity index is 2.45. The summed E-state index contributed by atoms with van der Waals surface area (Å²) in [6, 6.07) is -1.16. The zero-order valence-electron chi connectivity index (χ0n) is 8.78. The van der Waals surface area contributed by atoms with E-state index in [4.69, 9.17) is 0 Å². The average molecular weight is 248 g/mol. The van der Waals surface area contributed by atoms with Gasteiger partial charge in [-0.3, -0.25) is 0 Å². The van der Waals surface area contributed by atoms with Gasteiger partial charge in [0.25, 0.3) is 0 Å². The molecule has 8 heteroatoms. The highest BCUT2D eigenvalue weighted by Gasteiger charge is 2.45. The fourth-order valence-electron chi connectivity index (χ4n) is 1.86. The molecule has 5 nitrogen and oxygen atoms in total. The van der Waals surface area contributed by atoms with E-state index in [9.17, 15) is 23.1 Å². The number of carboxylic acids is 1. The number of hydrogen-bond donors (Lipinski definition) is 1. The molecular weight excluding hydrogens is 239 g/mol. The number of fused-ring (bicyclic) bond motifs is 1. The van der Waals surface area contributed by atoms with Gasteiger partial charge in [-0.15, -0.1) is 0 Å². The second kappa shape index (κ2) is 3.64. The highest BCUT2D eigenvalue weighted by atomic mass is 19.4. The molecule has 1 aliphatic rings. The van der Waals surface area contributed by atoms with Crippen molar-refractivity contribution in [2.45, 2.75) is 31.6 Å². The third kappa shape index (κ3) is 2.06. The number of hydrogen-bond acceptors (Lipinski definition) is 4. The van der Waals surface area contributed by atoms with Crippen molar-refractivity contribution >= 4 is 11.8 Å². The molecule has 0 bridgehead atoms. The van der Waals surface area contributed by atoms with Crippen molar-refractivity contribution in [2.24, 2.45) is 0 Å². The van der Waals surface area contributed by atoms with Crippen LogP contribution in [0.5, 0.6) is 0 Å². The van der Waals surface area contributed by atoms with E-state index in [-0.39, 0.29) is 12.2 Å². The van der Waals surface area contributed by atoms with E-state index in [0.29, 0.717) is 4.68 Å². The Bertz CT molecular complexity index is 455. The van der Waals surface area contributed by atoms with E-state index in [1.807, 2.05) is 0 Å². The van der Waals surface area contributed by atoms with Crippen LogP contribution in [0.25, 0.3) is 0 Å². The van der Waals surface area contributed by atoms with Gasteiger partial charge in [-0.1, -0.05) is 0 Å². The van der Waals surface area contributed by atoms with Gasteiger partial charge in [0.1, 0.15) is 11.5 Å². The predicted octanol–water partition coefficient (Wildman–Crippen LogP) is 0.554. The van der Waals surface area contributed by atoms with Gasteiger partial charge in [0, 0.05) is 12.1 Å². The average Bonchev–Trinajstić information content (AvgIpc) is 2.58. The Morgan fingerprint density at radius 3 is 2.82 bits per heavy atom. The summed E-state index contributed by atoms with van der Waals surface area (Å²) in [6.45, 7) is 1.59. The molecule has 0 fully saturated rings. The number of alkyl halides is 3. The van der Waals surface area contributed by atoms with E-state index in [2.05, 4.69) is 10.4 Å². The highest BCUT2D eigenvalue weighted by Crippen LogP contribution is 2.39. The lowest BCUT2D eigenvalue weighted by atomic mass is 10.1. The van der Waals surface area contributed by atoms with Crippen molar-refractivity contribution in [3.63, 3.8) is 0 Å². The standard InChI is InChI=1S/C9H10F3N3O2/c1-4-2-6(9(10,11)12)15-7(13-4)3-5(14-15)8(16)17/h3-4,6,13H,2H2,1H3,(H,16,17)/p-1/t4-,6-/m0/s1. The van der Waals surface area contributed by atoms with E-state index >= 15 is 0 Å². The first-order chi connectivity index (χ1) is 7.79. The van der Waals surface area contributed by atoms with E-state index in [1.54, 1.807) is 6.92 Å². The largest absolute Gasteiger partial charge is 0.543 e. The molecule has 1 aromatic rings. The number of aromatic carboxylic acids is 1. The minimum atomic E-state index is -4.46. The molecule has 0 saturated carbocycles. The van der Waals surface area contributed by atoms with Crippen molar-refractivity contribution in [1.82, 2.24) is 9.78 Å². The number of rotatable bonds is 1. The quantitative estimate of drug-likeness (QED) is 0.788. The van der Waals surface area contributed by atoms with Gasteiger partial charge in [-0.2, -0.15) is 18.3 Å². The Morgan fingerprint density at radius 2 is 2.29 bits per heavy atom. The van der Waals surface area contributed by atoms with Crippen LogP contribution >= 0.6 is 0 Å². The fourth-order valence-corrected chi connectivity index (χ4v) is 1.86. The summed E-state index contributed by atoms with van der Waals surface area (Å²) in [7, 11) is 0. The first kappa shape index (κ1) is 11.7. The molecule has 94 valence electrons. The lowest BCUT2D eigenvalue weighted by molar-refractivity contribution is -0.255. The zero-order valence-corrected chi connectivity index (χ0v) is 8.78. The van der Waals surface area contributed by atoms with Crippen LogP contribution in [-0.2, 0) is 0 Å². The molecule has 0 amide bonds. The van der Waals surface area contributed by atoms with Gasteiger partial charge in [0.15, 0.2) is 6.04 Å². The molecule has 2 rings (SSSR count). The van der Waals surface area contributed by atoms with Crippen LogP contribution in [0.3, 0.4) is 0 Å². The number of anilines is 1. The lowest BCUT2D eigenvalue weighted by Crippen LogP contribution is -2.38. The van der Waals surface area contributed by atoms with Crippen molar-refractivity contribution in [1.29, 1.82) is 0 Å². The van der Waals surface area contributed by atoms with Crippen LogP contribution in [0, 0.1) is 0 Å². The number of aromatic nitrogens is 2. The minimum absolute atomic E-state index is 0.0466. The molecule has 0 unspecified atom stereocenters. The number of carbonyl (C=O) groups is 1. The van der Waals surface area contributed by atoms with Crippen LogP contribution in [-0.4, -0.2) is 28.0 Å². The van der Waals surface area contributed by atoms with Crippen LogP contribution in [0.1, 0.15) is 29.9 Å². The van der Waals surface area contributed by atoms with Gasteiger partial charge >= 0.3 is 6.18 Å². The van der Waals surface area contributed by atoms with Gasteiger partial charge < -0.3 is 15.2 Å². The summed E-state index contributed by atoms with van der Waals surface area (Å²) in [4.78, 5) is 10.6. The molecule has 0 saturated heterocycles. The monoisotopic (exact) mass is 248 g/mol. The number of nitrogens with one attached hydrogen (secondary N) is 1. The Hall–Kier alpha value is -1.73. The molecule has 0 aliphatic carbocycles. The summed E-state index contributed by atoms with van der Waals surface area (Å²) >= 11 is 0. The SMILES string of the molecule is C[C@H]1C[C@@H](C(F)(F)F)n2nc(C(=O)[O-])cc2N1. The van der Waals surface area contributed by atoms with Gasteiger partial charge in [-0.05, 0) is 13.3 Å². The van der Waals surface area contributed by atoms with Crippen molar-refractivity contribution in [2.75, 3.05) is 5.32 Å². The topological polar surface area (TPSA) is 70.0 Å². The summed E-state index contributed by atoms with van der Waals surface area (Å²) in [5.74, 6) is -1.55. The van der Waals surface area contributed by atoms with E-state index in [0.717, 1.165) is 6.07 Å². The van der Waals surface area contributed by atoms with Crippen molar-refractivity contribution in [3.05, 3.63) is 11.8 Å². The first-order valence-electron chi connectivity index (χ1n) is 4.93. The number of carbonyl (C=O) groups excluding carboxylic acids is 1. The molecule has 1 N–H and O–H groups in total. The summed E-state index contributed by atoms with van der Waals surface area (Å²) in [6.07, 6.45) is -4.65. The molecule has 2 heterocycles. The van der Waals surface area contributed by atoms with Crippen molar-refractivity contribution in [3.8, 4) is 0 Å². The maximum atomic E-state index is 12.8. The molecule has 1 aromatic heterocycles. The molecule has 0 spiro atoms. The first-order valence-corrected chi connectivity index (χ1v) is 4.93. The third-order valence-electron chi connectivity index (χ3n) is 2.59. The molecule has 17 heavy (non-hydrogen) atoms. The maximum Gasteiger partial charge on any atom is 0.410 e. The highest BCUT2D eigenvalue weighted by molar-refractivity contribution is 5.84. The summed E-state index contributed by atoms with van der Waals surface area (Å²) < 4.78 is 38.9. The summed E-state index contributed by atoms with van der Waals surface area (Å²) in [5, 5.41) is 16.7. The van der Waals surface area contributed by atoms with E-state index < -0.39 is 29.9 Å². The Kier molecular flexibility index (Phi) is 2.52. The Morgan fingerprint density at radius 1 is 1.65 bits per heavy atom. The molecule has 1 aliphatic heterocycles. The third-order valence-corrected chi connectivity index (χ3v) is 2.59. The second-order valence-corrected chi connectivity index (χ2v) is 3.99. The number of halogens is 3. The predicted molar refractivity (Wildman–Crippen MR) is 49.4 cm³/mol. The molecule has 0 aromatic carbocycles. The maximum absolute atomic E-state index is 12.8. The number of nitrogens with zero attached hydrogens (tertiary/aromatic N) is 2. The van der Waals surface area contributed by atoms with Crippen LogP contribution in [0.15, 0.2) is 6.07 Å². The molecule has 0 radical (unpaired) electrons. The molecule has 2 atom stereocenters. The van der Waals surface area contributed by atoms with Gasteiger partial charge in [0.2, 0.25) is 0 Å². The van der Waals surface area contributed by atoms with Crippen LogP contribution in [0.2, 0.25) is 0 Å². The second-order valence-electron chi connectivity index (χ2n) is 3.99. The lowest BCUT2D eigenvalue weighted by Gasteiger charge is -2.31. The molecular formula is C9H9F3N3O2-. The normalized spacial score (nSPS) is 24.0. The Labute approximate surface area is 94.2 Å². The minimum Gasteiger partial charge on any atom is -0.543 e. The van der Waals surface area contributed by atoms with Crippen LogP contribution in [0.4, 0.5) is 19.0 Å². The van der Waals surface area contributed by atoms with Gasteiger partial charge in [-0.25, -0.2) is 4.68 Å². The number of carboxylic acid groups (broad SMARTS) is 1. The van der Waals surface area contributed by atoms with Crippen LogP contribution < -0.4 is 10.4 Å².